The zero-order chi connectivity index (χ0) is 20.1. The number of likely N-dealkylation sites (tertiary alicyclic amines) is 1. The molecule has 0 aromatic heterocycles. The van der Waals surface area contributed by atoms with Crippen LogP contribution in [0.4, 0.5) is 0 Å². The molecule has 2 saturated heterocycles. The number of hydrogen-bond donors (Lipinski definition) is 2. The number of rotatable bonds is 7. The molecule has 2 N–H and O–H groups in total. The summed E-state index contributed by atoms with van der Waals surface area (Å²) >= 11 is 6.09. The number of nitrogens with zero attached hydrogens (tertiary/aromatic N) is 1. The lowest BCUT2D eigenvalue weighted by molar-refractivity contribution is 0.0234. The first-order valence-corrected chi connectivity index (χ1v) is 11.3. The van der Waals surface area contributed by atoms with Gasteiger partial charge in [0.15, 0.2) is 0 Å². The van der Waals surface area contributed by atoms with Crippen LogP contribution in [0.15, 0.2) is 24.3 Å². The van der Waals surface area contributed by atoms with Crippen LogP contribution in [0.1, 0.15) is 45.6 Å². The number of ether oxygens (including phenoxy) is 1. The molecular formula is C23H38ClN3O. The minimum atomic E-state index is 0.254. The highest BCUT2D eigenvalue weighted by Crippen LogP contribution is 2.42. The summed E-state index contributed by atoms with van der Waals surface area (Å²) in [4.78, 5) is 2.66. The van der Waals surface area contributed by atoms with Gasteiger partial charge in [-0.05, 0) is 47.9 Å². The van der Waals surface area contributed by atoms with Crippen LogP contribution in [0.25, 0.3) is 0 Å². The number of piperidine rings is 1. The average molecular weight is 408 g/mol. The van der Waals surface area contributed by atoms with E-state index in [1.165, 1.54) is 12.0 Å². The molecule has 0 spiro atoms. The first kappa shape index (κ1) is 22.0. The van der Waals surface area contributed by atoms with Crippen molar-refractivity contribution >= 4 is 11.6 Å². The summed E-state index contributed by atoms with van der Waals surface area (Å²) in [5.74, 6) is 1.20. The number of benzene rings is 1. The Hall–Kier alpha value is -0.650. The highest BCUT2D eigenvalue weighted by Gasteiger charge is 2.37. The van der Waals surface area contributed by atoms with Gasteiger partial charge in [0.2, 0.25) is 0 Å². The molecule has 4 nitrogen and oxygen atoms in total. The van der Waals surface area contributed by atoms with E-state index in [1.807, 2.05) is 12.1 Å². The Balaban J connectivity index is 1.55. The standard InChI is InChI=1S/C23H38ClN3O/c1-17(2)22(26-14-20-13-25-10-12-28-20)15-27-11-9-21(23(3,4)16-27)18-5-7-19(24)8-6-18/h5-8,17,20-22,25-26H,9-16H2,1-4H3/t20?,21-,22+/m1/s1. The van der Waals surface area contributed by atoms with Gasteiger partial charge in [-0.2, -0.15) is 0 Å². The van der Waals surface area contributed by atoms with Crippen LogP contribution in [0.2, 0.25) is 5.02 Å². The van der Waals surface area contributed by atoms with E-state index < -0.39 is 0 Å². The molecule has 28 heavy (non-hydrogen) atoms. The highest BCUT2D eigenvalue weighted by molar-refractivity contribution is 6.30. The van der Waals surface area contributed by atoms with E-state index in [9.17, 15) is 0 Å². The maximum Gasteiger partial charge on any atom is 0.0824 e. The van der Waals surface area contributed by atoms with Gasteiger partial charge < -0.3 is 20.3 Å². The molecule has 2 aliphatic heterocycles. The Labute approximate surface area is 176 Å². The van der Waals surface area contributed by atoms with Gasteiger partial charge >= 0.3 is 0 Å². The van der Waals surface area contributed by atoms with Gasteiger partial charge in [0.05, 0.1) is 12.7 Å². The Morgan fingerprint density at radius 3 is 2.64 bits per heavy atom. The van der Waals surface area contributed by atoms with Gasteiger partial charge in [-0.1, -0.05) is 51.4 Å². The van der Waals surface area contributed by atoms with Crippen LogP contribution in [-0.2, 0) is 4.74 Å². The third-order valence-electron chi connectivity index (χ3n) is 6.45. The highest BCUT2D eigenvalue weighted by atomic mass is 35.5. The van der Waals surface area contributed by atoms with E-state index >= 15 is 0 Å². The van der Waals surface area contributed by atoms with Crippen molar-refractivity contribution in [2.24, 2.45) is 11.3 Å². The summed E-state index contributed by atoms with van der Waals surface area (Å²) < 4.78 is 5.85. The topological polar surface area (TPSA) is 36.5 Å². The fourth-order valence-electron chi connectivity index (χ4n) is 4.76. The van der Waals surface area contributed by atoms with Crippen molar-refractivity contribution in [3.63, 3.8) is 0 Å². The summed E-state index contributed by atoms with van der Waals surface area (Å²) in [6, 6.07) is 8.97. The predicted molar refractivity (Wildman–Crippen MR) is 118 cm³/mol. The summed E-state index contributed by atoms with van der Waals surface area (Å²) in [5.41, 5.74) is 1.68. The number of hydrogen-bond acceptors (Lipinski definition) is 4. The third kappa shape index (κ3) is 5.93. The average Bonchev–Trinajstić information content (AvgIpc) is 2.66. The molecule has 1 aromatic carbocycles. The molecule has 0 radical (unpaired) electrons. The Bertz CT molecular complexity index is 598. The molecule has 3 atom stereocenters. The molecule has 2 aliphatic rings. The molecule has 1 unspecified atom stereocenters. The molecule has 158 valence electrons. The minimum Gasteiger partial charge on any atom is -0.374 e. The smallest absolute Gasteiger partial charge is 0.0824 e. The largest absolute Gasteiger partial charge is 0.374 e. The minimum absolute atomic E-state index is 0.254. The van der Waals surface area contributed by atoms with Crippen molar-refractivity contribution in [2.75, 3.05) is 45.9 Å². The number of nitrogens with one attached hydrogen (secondary N) is 2. The molecule has 0 amide bonds. The molecule has 1 aromatic rings. The van der Waals surface area contributed by atoms with E-state index in [0.717, 1.165) is 50.9 Å². The van der Waals surface area contributed by atoms with Crippen LogP contribution < -0.4 is 10.6 Å². The van der Waals surface area contributed by atoms with Crippen molar-refractivity contribution in [3.05, 3.63) is 34.9 Å². The fourth-order valence-corrected chi connectivity index (χ4v) is 4.89. The van der Waals surface area contributed by atoms with Crippen molar-refractivity contribution < 1.29 is 4.74 Å². The fraction of sp³-hybridized carbons (Fsp3) is 0.739. The number of morpholine rings is 1. The second-order valence-electron chi connectivity index (χ2n) is 9.57. The Morgan fingerprint density at radius 2 is 2.04 bits per heavy atom. The van der Waals surface area contributed by atoms with Crippen LogP contribution >= 0.6 is 11.6 Å². The van der Waals surface area contributed by atoms with Gasteiger partial charge in [0.1, 0.15) is 0 Å². The van der Waals surface area contributed by atoms with Gasteiger partial charge in [0, 0.05) is 43.8 Å². The van der Waals surface area contributed by atoms with Crippen LogP contribution in [0.3, 0.4) is 0 Å². The van der Waals surface area contributed by atoms with Crippen LogP contribution in [-0.4, -0.2) is 62.9 Å². The molecule has 0 aliphatic carbocycles. The van der Waals surface area contributed by atoms with Crippen molar-refractivity contribution in [3.8, 4) is 0 Å². The van der Waals surface area contributed by atoms with Gasteiger partial charge in [-0.3, -0.25) is 0 Å². The molecule has 0 bridgehead atoms. The summed E-state index contributed by atoms with van der Waals surface area (Å²) in [6.07, 6.45) is 1.50. The zero-order valence-corrected chi connectivity index (χ0v) is 18.8. The molecule has 0 saturated carbocycles. The van der Waals surface area contributed by atoms with Gasteiger partial charge in [0.25, 0.3) is 0 Å². The maximum atomic E-state index is 6.09. The Morgan fingerprint density at radius 1 is 1.29 bits per heavy atom. The van der Waals surface area contributed by atoms with Gasteiger partial charge in [-0.25, -0.2) is 0 Å². The Kier molecular flexibility index (Phi) is 7.80. The normalized spacial score (nSPS) is 27.1. The zero-order valence-electron chi connectivity index (χ0n) is 18.0. The molecule has 2 fully saturated rings. The van der Waals surface area contributed by atoms with Crippen molar-refractivity contribution in [1.82, 2.24) is 15.5 Å². The second-order valence-corrected chi connectivity index (χ2v) is 10.0. The molecule has 2 heterocycles. The molecule has 3 rings (SSSR count). The second kappa shape index (κ2) is 9.90. The lowest BCUT2D eigenvalue weighted by Gasteiger charge is -2.46. The van der Waals surface area contributed by atoms with E-state index in [2.05, 4.69) is 55.4 Å². The third-order valence-corrected chi connectivity index (χ3v) is 6.70. The first-order valence-electron chi connectivity index (χ1n) is 10.9. The summed E-state index contributed by atoms with van der Waals surface area (Å²) in [5, 5.41) is 8.03. The van der Waals surface area contributed by atoms with Gasteiger partial charge in [-0.15, -0.1) is 0 Å². The summed E-state index contributed by atoms with van der Waals surface area (Å²) in [6.45, 7) is 16.6. The SMILES string of the molecule is CC(C)[C@H](CN1CC[C@H](c2ccc(Cl)cc2)C(C)(C)C1)NCC1CNCCO1. The number of halogens is 1. The quantitative estimate of drug-likeness (QED) is 0.721. The van der Waals surface area contributed by atoms with E-state index in [4.69, 9.17) is 16.3 Å². The first-order chi connectivity index (χ1) is 13.3. The van der Waals surface area contributed by atoms with E-state index in [1.54, 1.807) is 0 Å². The monoisotopic (exact) mass is 407 g/mol. The lowest BCUT2D eigenvalue weighted by atomic mass is 9.70. The van der Waals surface area contributed by atoms with Crippen LogP contribution in [0, 0.1) is 11.3 Å². The molecule has 5 heteroatoms. The van der Waals surface area contributed by atoms with Crippen molar-refractivity contribution in [2.45, 2.75) is 52.2 Å². The lowest BCUT2D eigenvalue weighted by Crippen LogP contribution is -2.53. The van der Waals surface area contributed by atoms with E-state index in [0.29, 0.717) is 24.0 Å². The predicted octanol–water partition coefficient (Wildman–Crippen LogP) is 3.76. The maximum absolute atomic E-state index is 6.09. The van der Waals surface area contributed by atoms with Crippen molar-refractivity contribution in [1.29, 1.82) is 0 Å². The van der Waals surface area contributed by atoms with Crippen LogP contribution in [0.5, 0.6) is 0 Å². The van der Waals surface area contributed by atoms with E-state index in [-0.39, 0.29) is 5.41 Å². The molecular weight excluding hydrogens is 370 g/mol. The summed E-state index contributed by atoms with van der Waals surface area (Å²) in [7, 11) is 0.